The van der Waals surface area contributed by atoms with Gasteiger partial charge in [-0.3, -0.25) is 24.4 Å². The van der Waals surface area contributed by atoms with E-state index in [1.165, 1.54) is 71.3 Å². The minimum Gasteiger partial charge on any atom is -0.465 e. The van der Waals surface area contributed by atoms with Gasteiger partial charge in [0, 0.05) is 28.4 Å². The molecule has 0 aliphatic heterocycles. The highest BCUT2D eigenvalue weighted by atomic mass is 35.5. The molecule has 1 N–H and O–H groups in total. The second kappa shape index (κ2) is 11.1. The number of aromatic nitrogens is 1. The zero-order valence-electron chi connectivity index (χ0n) is 19.7. The van der Waals surface area contributed by atoms with Gasteiger partial charge >= 0.3 is 5.97 Å². The monoisotopic (exact) mass is 574 g/mol. The molecule has 1 aromatic heterocycles. The van der Waals surface area contributed by atoms with Gasteiger partial charge < -0.3 is 9.30 Å². The molecule has 11 nitrogen and oxygen atoms in total. The van der Waals surface area contributed by atoms with E-state index in [0.29, 0.717) is 15.2 Å². The number of nitro groups is 1. The zero-order valence-corrected chi connectivity index (χ0v) is 22.0. The molecule has 0 atom stereocenters. The first-order chi connectivity index (χ1) is 18.1. The van der Waals surface area contributed by atoms with Gasteiger partial charge in [-0.05, 0) is 55.5 Å². The molecule has 0 unspecified atom stereocenters. The summed E-state index contributed by atoms with van der Waals surface area (Å²) < 4.78 is 34.7. The molecule has 14 heteroatoms. The quantitative estimate of drug-likeness (QED) is 0.186. The maximum atomic E-state index is 13.1. The highest BCUT2D eigenvalue weighted by Gasteiger charge is 2.17. The van der Waals surface area contributed by atoms with Gasteiger partial charge in [-0.2, -0.15) is 4.99 Å². The molecule has 0 aliphatic carbocycles. The third-order valence-corrected chi connectivity index (χ3v) is 7.84. The van der Waals surface area contributed by atoms with Crippen LogP contribution in [-0.4, -0.2) is 36.4 Å². The van der Waals surface area contributed by atoms with Gasteiger partial charge in [0.25, 0.3) is 21.6 Å². The average molecular weight is 575 g/mol. The third-order valence-electron chi connectivity index (χ3n) is 5.15. The fourth-order valence-electron chi connectivity index (χ4n) is 3.44. The number of benzene rings is 3. The second-order valence-electron chi connectivity index (χ2n) is 7.74. The number of ether oxygens (including phenoxy) is 1. The van der Waals surface area contributed by atoms with Crippen LogP contribution in [0.5, 0.6) is 0 Å². The summed E-state index contributed by atoms with van der Waals surface area (Å²) in [5.41, 5.74) is 0.519. The molecule has 4 rings (SSSR count). The van der Waals surface area contributed by atoms with Crippen LogP contribution in [0.25, 0.3) is 10.2 Å². The summed E-state index contributed by atoms with van der Waals surface area (Å²) in [6.07, 6.45) is 0. The van der Waals surface area contributed by atoms with Crippen LogP contribution in [0, 0.1) is 10.1 Å². The molecule has 0 fully saturated rings. The van der Waals surface area contributed by atoms with Gasteiger partial charge in [-0.1, -0.05) is 29.0 Å². The lowest BCUT2D eigenvalue weighted by molar-refractivity contribution is -0.384. The first kappa shape index (κ1) is 27.0. The number of nitrogens with zero attached hydrogens (tertiary/aromatic N) is 3. The number of carbonyl (C=O) groups excluding carboxylic acids is 2. The lowest BCUT2D eigenvalue weighted by atomic mass is 10.2. The maximum absolute atomic E-state index is 13.1. The number of nitro benzene ring substituents is 1. The molecule has 1 heterocycles. The van der Waals surface area contributed by atoms with Gasteiger partial charge in [-0.15, -0.1) is 0 Å². The van der Waals surface area contributed by atoms with E-state index in [2.05, 4.69) is 9.71 Å². The zero-order chi connectivity index (χ0) is 27.4. The van der Waals surface area contributed by atoms with Crippen molar-refractivity contribution >= 4 is 66.4 Å². The molecular weight excluding hydrogens is 556 g/mol. The average Bonchev–Trinajstić information content (AvgIpc) is 3.20. The second-order valence-corrected chi connectivity index (χ2v) is 10.9. The van der Waals surface area contributed by atoms with Crippen molar-refractivity contribution in [3.8, 4) is 0 Å². The number of rotatable bonds is 8. The number of amides is 1. The number of nitrogens with one attached hydrogen (secondary N) is 1. The van der Waals surface area contributed by atoms with Crippen molar-refractivity contribution in [2.75, 3.05) is 11.3 Å². The van der Waals surface area contributed by atoms with Crippen molar-refractivity contribution in [1.29, 1.82) is 0 Å². The molecule has 4 aromatic rings. The van der Waals surface area contributed by atoms with E-state index < -0.39 is 26.8 Å². The summed E-state index contributed by atoms with van der Waals surface area (Å²) in [4.78, 5) is 40.2. The van der Waals surface area contributed by atoms with Crippen LogP contribution in [0.2, 0.25) is 5.02 Å². The molecule has 3 aromatic carbocycles. The molecule has 196 valence electrons. The van der Waals surface area contributed by atoms with Crippen LogP contribution in [0.15, 0.2) is 76.6 Å². The topological polar surface area (TPSA) is 150 Å². The summed E-state index contributed by atoms with van der Waals surface area (Å²) in [5, 5.41) is 11.6. The summed E-state index contributed by atoms with van der Waals surface area (Å²) >= 11 is 6.82. The van der Waals surface area contributed by atoms with Gasteiger partial charge in [0.2, 0.25) is 0 Å². The third kappa shape index (κ3) is 6.07. The minimum atomic E-state index is -3.94. The Labute approximate surface area is 225 Å². The Hall–Kier alpha value is -4.07. The van der Waals surface area contributed by atoms with Crippen molar-refractivity contribution in [2.45, 2.75) is 18.4 Å². The molecule has 38 heavy (non-hydrogen) atoms. The first-order valence-electron chi connectivity index (χ1n) is 11.0. The minimum absolute atomic E-state index is 0.0114. The highest BCUT2D eigenvalue weighted by molar-refractivity contribution is 7.92. The molecular formula is C24H19ClN4O7S2. The van der Waals surface area contributed by atoms with Crippen LogP contribution < -0.4 is 9.52 Å². The SMILES string of the molecule is CCOC(=O)Cn1c(=NC(=O)c2cccc(NS(=O)(=O)c3ccc(Cl)cc3)c2)sc2cc([N+](=O)[O-])ccc21. The van der Waals surface area contributed by atoms with Gasteiger partial charge in [0.15, 0.2) is 4.80 Å². The fraction of sp³-hybridized carbons (Fsp3) is 0.125. The lowest BCUT2D eigenvalue weighted by Gasteiger charge is -2.09. The van der Waals surface area contributed by atoms with Gasteiger partial charge in [0.05, 0.1) is 26.6 Å². The maximum Gasteiger partial charge on any atom is 0.326 e. The first-order valence-corrected chi connectivity index (χ1v) is 13.7. The summed E-state index contributed by atoms with van der Waals surface area (Å²) in [6, 6.07) is 15.4. The van der Waals surface area contributed by atoms with E-state index >= 15 is 0 Å². The fourth-order valence-corrected chi connectivity index (χ4v) is 5.68. The van der Waals surface area contributed by atoms with Crippen molar-refractivity contribution in [3.63, 3.8) is 0 Å². The van der Waals surface area contributed by atoms with Crippen LogP contribution in [0.1, 0.15) is 17.3 Å². The smallest absolute Gasteiger partial charge is 0.326 e. The Kier molecular flexibility index (Phi) is 7.90. The molecule has 1 amide bonds. The Balaban J connectivity index is 1.70. The Morgan fingerprint density at radius 1 is 1.13 bits per heavy atom. The molecule has 0 radical (unpaired) electrons. The van der Waals surface area contributed by atoms with Crippen molar-refractivity contribution < 1.29 is 27.7 Å². The summed E-state index contributed by atoms with van der Waals surface area (Å²) in [7, 11) is -3.94. The number of hydrogen-bond donors (Lipinski definition) is 1. The number of anilines is 1. The highest BCUT2D eigenvalue weighted by Crippen LogP contribution is 2.24. The summed E-state index contributed by atoms with van der Waals surface area (Å²) in [6.45, 7) is 1.54. The predicted octanol–water partition coefficient (Wildman–Crippen LogP) is 4.37. The number of non-ortho nitro benzene ring substituents is 1. The van der Waals surface area contributed by atoms with Crippen molar-refractivity contribution in [3.05, 3.63) is 92.2 Å². The van der Waals surface area contributed by atoms with Crippen LogP contribution >= 0.6 is 22.9 Å². The number of halogens is 1. The Bertz CT molecular complexity index is 1730. The van der Waals surface area contributed by atoms with Gasteiger partial charge in [-0.25, -0.2) is 8.42 Å². The van der Waals surface area contributed by atoms with E-state index in [1.807, 2.05) is 0 Å². The van der Waals surface area contributed by atoms with Gasteiger partial charge in [0.1, 0.15) is 6.54 Å². The molecule has 0 aliphatic rings. The predicted molar refractivity (Wildman–Crippen MR) is 142 cm³/mol. The number of sulfonamides is 1. The molecule has 0 saturated heterocycles. The molecule has 0 saturated carbocycles. The van der Waals surface area contributed by atoms with Crippen LogP contribution in [0.3, 0.4) is 0 Å². The van der Waals surface area contributed by atoms with Crippen molar-refractivity contribution in [1.82, 2.24) is 4.57 Å². The number of thiazole rings is 1. The molecule has 0 spiro atoms. The van der Waals surface area contributed by atoms with E-state index in [1.54, 1.807) is 6.92 Å². The number of esters is 1. The van der Waals surface area contributed by atoms with E-state index in [9.17, 15) is 28.1 Å². The van der Waals surface area contributed by atoms with E-state index in [-0.39, 0.29) is 39.8 Å². The number of hydrogen-bond acceptors (Lipinski definition) is 8. The lowest BCUT2D eigenvalue weighted by Crippen LogP contribution is -2.23. The van der Waals surface area contributed by atoms with Crippen LogP contribution in [-0.2, 0) is 26.1 Å². The Morgan fingerprint density at radius 3 is 2.55 bits per heavy atom. The van der Waals surface area contributed by atoms with Crippen LogP contribution in [0.4, 0.5) is 11.4 Å². The Morgan fingerprint density at radius 2 is 1.87 bits per heavy atom. The largest absolute Gasteiger partial charge is 0.465 e. The van der Waals surface area contributed by atoms with E-state index in [0.717, 1.165) is 11.3 Å². The summed E-state index contributed by atoms with van der Waals surface area (Å²) in [5.74, 6) is -1.28. The normalized spacial score (nSPS) is 11.9. The van der Waals surface area contributed by atoms with Crippen molar-refractivity contribution in [2.24, 2.45) is 4.99 Å². The van der Waals surface area contributed by atoms with E-state index in [4.69, 9.17) is 16.3 Å². The molecule has 0 bridgehead atoms. The standard InChI is InChI=1S/C24H19ClN4O7S2/c1-2-36-22(30)14-28-20-11-8-18(29(32)33)13-21(20)37-24(28)26-23(31)15-4-3-5-17(12-15)27-38(34,35)19-9-6-16(25)7-10-19/h3-13,27H,2,14H2,1H3. The number of carbonyl (C=O) groups is 2. The number of fused-ring (bicyclic) bond motifs is 1.